The van der Waals surface area contributed by atoms with Gasteiger partial charge in [0.15, 0.2) is 11.4 Å². The third kappa shape index (κ3) is 2.35. The maximum atomic E-state index is 5.50. The van der Waals surface area contributed by atoms with Gasteiger partial charge >= 0.3 is 0 Å². The second-order valence-corrected chi connectivity index (χ2v) is 6.01. The van der Waals surface area contributed by atoms with Crippen molar-refractivity contribution in [2.24, 2.45) is 5.92 Å². The average molecular weight is 287 g/mol. The minimum atomic E-state index is 0.493. The lowest BCUT2D eigenvalue weighted by Crippen LogP contribution is -2.53. The molecule has 2 aromatic rings. The number of rotatable bonds is 4. The predicted molar refractivity (Wildman–Crippen MR) is 81.8 cm³/mol. The second kappa shape index (κ2) is 5.22. The smallest absolute Gasteiger partial charge is 0.177 e. The molecule has 1 aromatic heterocycles. The van der Waals surface area contributed by atoms with Crippen molar-refractivity contribution in [1.82, 2.24) is 10.1 Å². The van der Waals surface area contributed by atoms with Crippen LogP contribution in [-0.4, -0.2) is 42.3 Å². The number of ether oxygens (including phenoxy) is 1. The van der Waals surface area contributed by atoms with Crippen molar-refractivity contribution in [1.29, 1.82) is 0 Å². The van der Waals surface area contributed by atoms with Crippen molar-refractivity contribution < 1.29 is 9.26 Å². The average Bonchev–Trinajstić information content (AvgIpc) is 2.91. The Hall–Kier alpha value is -1.75. The van der Waals surface area contributed by atoms with E-state index in [0.717, 1.165) is 35.0 Å². The summed E-state index contributed by atoms with van der Waals surface area (Å²) in [5, 5.41) is 8.85. The quantitative estimate of drug-likeness (QED) is 0.937. The van der Waals surface area contributed by atoms with Crippen molar-refractivity contribution in [3.05, 3.63) is 18.2 Å². The highest BCUT2D eigenvalue weighted by atomic mass is 16.5. The Balaban J connectivity index is 1.56. The van der Waals surface area contributed by atoms with E-state index < -0.39 is 0 Å². The Bertz CT molecular complexity index is 631. The molecule has 0 radical (unpaired) electrons. The van der Waals surface area contributed by atoms with Gasteiger partial charge in [0.2, 0.25) is 0 Å². The standard InChI is InChI=1S/C16H21N3O2/c1-2-20-12-3-4-13-15(9-12)21-18-16(13)17-14-10-19-7-5-11(14)6-8-19/h3-4,9,11,14H,2,5-8,10H2,1H3,(H,17,18)/t14-/m0/s1. The van der Waals surface area contributed by atoms with Crippen molar-refractivity contribution in [2.45, 2.75) is 25.8 Å². The number of hydrogen-bond acceptors (Lipinski definition) is 5. The molecule has 4 heterocycles. The molecule has 0 aliphatic carbocycles. The van der Waals surface area contributed by atoms with E-state index in [1.54, 1.807) is 0 Å². The first kappa shape index (κ1) is 13.0. The Labute approximate surface area is 124 Å². The Morgan fingerprint density at radius 1 is 1.38 bits per heavy atom. The summed E-state index contributed by atoms with van der Waals surface area (Å²) in [4.78, 5) is 2.53. The summed E-state index contributed by atoms with van der Waals surface area (Å²) < 4.78 is 11.0. The van der Waals surface area contributed by atoms with Crippen LogP contribution in [0.5, 0.6) is 5.75 Å². The molecule has 0 amide bonds. The van der Waals surface area contributed by atoms with Crippen LogP contribution in [0.3, 0.4) is 0 Å². The summed E-state index contributed by atoms with van der Waals surface area (Å²) in [5.74, 6) is 2.46. The van der Waals surface area contributed by atoms with Crippen molar-refractivity contribution in [3.63, 3.8) is 0 Å². The van der Waals surface area contributed by atoms with Crippen molar-refractivity contribution in [2.75, 3.05) is 31.6 Å². The maximum absolute atomic E-state index is 5.50. The molecule has 3 fully saturated rings. The van der Waals surface area contributed by atoms with Crippen LogP contribution in [0.4, 0.5) is 5.82 Å². The molecule has 3 saturated heterocycles. The lowest BCUT2D eigenvalue weighted by Gasteiger charge is -2.44. The summed E-state index contributed by atoms with van der Waals surface area (Å²) in [5.41, 5.74) is 0.782. The zero-order chi connectivity index (χ0) is 14.2. The zero-order valence-corrected chi connectivity index (χ0v) is 12.3. The van der Waals surface area contributed by atoms with E-state index in [-0.39, 0.29) is 0 Å². The molecule has 3 aliphatic heterocycles. The molecule has 1 atom stereocenters. The molecule has 5 heteroatoms. The van der Waals surface area contributed by atoms with Crippen LogP contribution in [0.25, 0.3) is 11.0 Å². The first-order chi connectivity index (χ1) is 10.3. The molecule has 1 aromatic carbocycles. The lowest BCUT2D eigenvalue weighted by molar-refractivity contribution is 0.0973. The number of fused-ring (bicyclic) bond motifs is 4. The van der Waals surface area contributed by atoms with Gasteiger partial charge in [-0.15, -0.1) is 0 Å². The van der Waals surface area contributed by atoms with Gasteiger partial charge in [-0.25, -0.2) is 0 Å². The van der Waals surface area contributed by atoms with E-state index in [4.69, 9.17) is 9.26 Å². The van der Waals surface area contributed by atoms with E-state index in [2.05, 4.69) is 15.4 Å². The molecule has 5 rings (SSSR count). The highest BCUT2D eigenvalue weighted by Gasteiger charge is 2.34. The topological polar surface area (TPSA) is 50.5 Å². The molecule has 21 heavy (non-hydrogen) atoms. The SMILES string of the molecule is CCOc1ccc2c(N[C@H]3CN4CCC3CC4)noc2c1. The van der Waals surface area contributed by atoms with Gasteiger partial charge in [0.25, 0.3) is 0 Å². The molecular formula is C16H21N3O2. The first-order valence-corrected chi connectivity index (χ1v) is 7.84. The van der Waals surface area contributed by atoms with Gasteiger partial charge in [-0.3, -0.25) is 0 Å². The fraction of sp³-hybridized carbons (Fsp3) is 0.562. The fourth-order valence-corrected chi connectivity index (χ4v) is 3.58. The fourth-order valence-electron chi connectivity index (χ4n) is 3.58. The largest absolute Gasteiger partial charge is 0.494 e. The normalized spacial score (nSPS) is 28.0. The molecule has 2 bridgehead atoms. The molecule has 5 nitrogen and oxygen atoms in total. The second-order valence-electron chi connectivity index (χ2n) is 6.01. The lowest BCUT2D eigenvalue weighted by atomic mass is 9.84. The van der Waals surface area contributed by atoms with Gasteiger partial charge in [0.1, 0.15) is 5.75 Å². The first-order valence-electron chi connectivity index (χ1n) is 7.84. The molecule has 3 aliphatic rings. The molecule has 0 spiro atoms. The van der Waals surface area contributed by atoms with Gasteiger partial charge in [0.05, 0.1) is 12.0 Å². The minimum Gasteiger partial charge on any atom is -0.494 e. The molecule has 1 N–H and O–H groups in total. The van der Waals surface area contributed by atoms with E-state index >= 15 is 0 Å². The minimum absolute atomic E-state index is 0.493. The third-order valence-corrected chi connectivity index (χ3v) is 4.73. The number of nitrogens with zero attached hydrogens (tertiary/aromatic N) is 2. The number of benzene rings is 1. The monoisotopic (exact) mass is 287 g/mol. The molecular weight excluding hydrogens is 266 g/mol. The van der Waals surface area contributed by atoms with Crippen LogP contribution in [0, 0.1) is 5.92 Å². The van der Waals surface area contributed by atoms with Gasteiger partial charge < -0.3 is 19.5 Å². The molecule has 0 saturated carbocycles. The van der Waals surface area contributed by atoms with E-state index in [1.165, 1.54) is 25.9 Å². The number of hydrogen-bond donors (Lipinski definition) is 1. The summed E-state index contributed by atoms with van der Waals surface area (Å²) in [6.45, 7) is 6.26. The van der Waals surface area contributed by atoms with Crippen LogP contribution in [0.1, 0.15) is 19.8 Å². The van der Waals surface area contributed by atoms with Crippen molar-refractivity contribution in [3.8, 4) is 5.75 Å². The maximum Gasteiger partial charge on any atom is 0.177 e. The summed E-state index contributed by atoms with van der Waals surface area (Å²) in [6, 6.07) is 6.41. The van der Waals surface area contributed by atoms with Gasteiger partial charge in [-0.1, -0.05) is 5.16 Å². The van der Waals surface area contributed by atoms with E-state index in [9.17, 15) is 0 Å². The van der Waals surface area contributed by atoms with E-state index in [1.807, 2.05) is 25.1 Å². The number of anilines is 1. The number of aromatic nitrogens is 1. The zero-order valence-electron chi connectivity index (χ0n) is 12.3. The van der Waals surface area contributed by atoms with Crippen LogP contribution in [0.2, 0.25) is 0 Å². The Morgan fingerprint density at radius 3 is 2.95 bits per heavy atom. The summed E-state index contributed by atoms with van der Waals surface area (Å²) >= 11 is 0. The highest BCUT2D eigenvalue weighted by Crippen LogP contribution is 2.32. The van der Waals surface area contributed by atoms with Crippen LogP contribution in [-0.2, 0) is 0 Å². The predicted octanol–water partition coefficient (Wildman–Crippen LogP) is 2.73. The highest BCUT2D eigenvalue weighted by molar-refractivity contribution is 5.89. The van der Waals surface area contributed by atoms with Crippen LogP contribution in [0.15, 0.2) is 22.7 Å². The number of piperidine rings is 3. The number of nitrogens with one attached hydrogen (secondary N) is 1. The summed E-state index contributed by atoms with van der Waals surface area (Å²) in [7, 11) is 0. The third-order valence-electron chi connectivity index (χ3n) is 4.73. The van der Waals surface area contributed by atoms with Crippen LogP contribution >= 0.6 is 0 Å². The van der Waals surface area contributed by atoms with Gasteiger partial charge in [0, 0.05) is 18.7 Å². The Kier molecular flexibility index (Phi) is 3.22. The van der Waals surface area contributed by atoms with Gasteiger partial charge in [-0.05, 0) is 50.9 Å². The summed E-state index contributed by atoms with van der Waals surface area (Å²) in [6.07, 6.45) is 2.59. The Morgan fingerprint density at radius 2 is 2.24 bits per heavy atom. The van der Waals surface area contributed by atoms with Crippen molar-refractivity contribution >= 4 is 16.8 Å². The van der Waals surface area contributed by atoms with Gasteiger partial charge in [-0.2, -0.15) is 0 Å². The molecule has 112 valence electrons. The van der Waals surface area contributed by atoms with Crippen LogP contribution < -0.4 is 10.1 Å². The van der Waals surface area contributed by atoms with E-state index in [0.29, 0.717) is 12.6 Å². The molecule has 0 unspecified atom stereocenters.